The number of rotatable bonds is 8. The Bertz CT molecular complexity index is 1520. The number of hydrogen-bond acceptors (Lipinski definition) is 7. The van der Waals surface area contributed by atoms with Gasteiger partial charge in [-0.1, -0.05) is 29.8 Å². The van der Waals surface area contributed by atoms with Gasteiger partial charge in [0, 0.05) is 28.4 Å². The molecule has 0 spiro atoms. The lowest BCUT2D eigenvalue weighted by Gasteiger charge is -2.26. The van der Waals surface area contributed by atoms with Crippen LogP contribution in [0.2, 0.25) is 0 Å². The molecule has 11 heteroatoms. The van der Waals surface area contributed by atoms with Crippen molar-refractivity contribution < 1.29 is 19.1 Å². The molecule has 4 heterocycles. The van der Waals surface area contributed by atoms with E-state index in [0.29, 0.717) is 27.6 Å². The maximum absolute atomic E-state index is 14.7. The van der Waals surface area contributed by atoms with Crippen LogP contribution in [-0.2, 0) is 18.4 Å². The van der Waals surface area contributed by atoms with Crippen LogP contribution in [-0.4, -0.2) is 49.2 Å². The molecule has 9 nitrogen and oxygen atoms in total. The summed E-state index contributed by atoms with van der Waals surface area (Å²) in [5.74, 6) is 0.00419. The zero-order valence-electron chi connectivity index (χ0n) is 21.1. The SMILES string of the molecule is Cc1cccc(C(CO)NC(=O)[C@@H](C)N2Cc3sc(-c4cc(Nc5ccnn5C)ncc4F)cc3C2=O)c1. The molecule has 38 heavy (non-hydrogen) atoms. The number of nitrogens with zero attached hydrogens (tertiary/aromatic N) is 4. The summed E-state index contributed by atoms with van der Waals surface area (Å²) in [5, 5.41) is 19.9. The van der Waals surface area contributed by atoms with Crippen LogP contribution >= 0.6 is 11.3 Å². The van der Waals surface area contributed by atoms with Gasteiger partial charge in [0.15, 0.2) is 0 Å². The minimum absolute atomic E-state index is 0.245. The summed E-state index contributed by atoms with van der Waals surface area (Å²) >= 11 is 1.32. The van der Waals surface area contributed by atoms with Gasteiger partial charge in [0.1, 0.15) is 23.5 Å². The number of nitrogens with one attached hydrogen (secondary N) is 2. The molecule has 1 unspecified atom stereocenters. The smallest absolute Gasteiger partial charge is 0.256 e. The molecule has 1 aromatic carbocycles. The quantitative estimate of drug-likeness (QED) is 0.316. The second-order valence-corrected chi connectivity index (χ2v) is 10.4. The fraction of sp³-hybridized carbons (Fsp3) is 0.259. The van der Waals surface area contributed by atoms with Gasteiger partial charge < -0.3 is 20.6 Å². The summed E-state index contributed by atoms with van der Waals surface area (Å²) in [7, 11) is 1.78. The summed E-state index contributed by atoms with van der Waals surface area (Å²) < 4.78 is 16.4. The van der Waals surface area contributed by atoms with E-state index in [0.717, 1.165) is 22.2 Å². The van der Waals surface area contributed by atoms with E-state index in [1.165, 1.54) is 16.2 Å². The van der Waals surface area contributed by atoms with E-state index in [-0.39, 0.29) is 25.0 Å². The summed E-state index contributed by atoms with van der Waals surface area (Å²) in [6, 6.07) is 11.3. The monoisotopic (exact) mass is 534 g/mol. The first-order valence-corrected chi connectivity index (χ1v) is 12.9. The van der Waals surface area contributed by atoms with Gasteiger partial charge in [-0.3, -0.25) is 14.3 Å². The highest BCUT2D eigenvalue weighted by Gasteiger charge is 2.36. The Labute approximate surface area is 222 Å². The lowest BCUT2D eigenvalue weighted by atomic mass is 10.0. The van der Waals surface area contributed by atoms with Crippen molar-refractivity contribution in [3.05, 3.63) is 82.2 Å². The first-order chi connectivity index (χ1) is 18.2. The van der Waals surface area contributed by atoms with Crippen LogP contribution in [0.15, 0.2) is 54.9 Å². The lowest BCUT2D eigenvalue weighted by Crippen LogP contribution is -2.46. The Hall–Kier alpha value is -4.09. The zero-order valence-corrected chi connectivity index (χ0v) is 21.9. The number of halogens is 1. The fourth-order valence-electron chi connectivity index (χ4n) is 4.43. The highest BCUT2D eigenvalue weighted by molar-refractivity contribution is 7.16. The summed E-state index contributed by atoms with van der Waals surface area (Å²) in [6.45, 7) is 3.58. The standard InChI is InChI=1S/C27H27FN6O3S/c1-15-5-4-6-17(9-15)21(14-35)31-26(36)16(2)34-13-23-19(27(34)37)10-22(38-23)18-11-24(29-12-20(18)28)32-25-7-8-30-33(25)3/h4-12,16,21,35H,13-14H2,1-3H3,(H,29,32)(H,31,36)/t16-,21?/m1/s1. The van der Waals surface area contributed by atoms with Crippen molar-refractivity contribution in [2.45, 2.75) is 32.5 Å². The van der Waals surface area contributed by atoms with Gasteiger partial charge in [-0.25, -0.2) is 9.37 Å². The number of fused-ring (bicyclic) bond motifs is 1. The Morgan fingerprint density at radius 3 is 2.74 bits per heavy atom. The van der Waals surface area contributed by atoms with Crippen molar-refractivity contribution >= 4 is 34.8 Å². The second-order valence-electron chi connectivity index (χ2n) is 9.23. The third kappa shape index (κ3) is 4.90. The van der Waals surface area contributed by atoms with Crippen LogP contribution in [0.25, 0.3) is 10.4 Å². The first kappa shape index (κ1) is 25.6. The summed E-state index contributed by atoms with van der Waals surface area (Å²) in [4.78, 5) is 33.2. The van der Waals surface area contributed by atoms with Gasteiger partial charge in [0.2, 0.25) is 5.91 Å². The van der Waals surface area contributed by atoms with E-state index in [9.17, 15) is 19.1 Å². The molecule has 1 aliphatic heterocycles. The third-order valence-corrected chi connectivity index (χ3v) is 7.76. The molecule has 0 radical (unpaired) electrons. The molecule has 0 saturated heterocycles. The number of aryl methyl sites for hydroxylation is 2. The number of benzene rings is 1. The second kappa shape index (κ2) is 10.3. The summed E-state index contributed by atoms with van der Waals surface area (Å²) in [6.07, 6.45) is 2.78. The van der Waals surface area contributed by atoms with Gasteiger partial charge >= 0.3 is 0 Å². The van der Waals surface area contributed by atoms with Crippen LogP contribution < -0.4 is 10.6 Å². The van der Waals surface area contributed by atoms with E-state index in [2.05, 4.69) is 20.7 Å². The number of pyridine rings is 1. The predicted molar refractivity (Wildman–Crippen MR) is 142 cm³/mol. The van der Waals surface area contributed by atoms with Crippen LogP contribution in [0.4, 0.5) is 16.0 Å². The molecule has 1 aliphatic rings. The van der Waals surface area contributed by atoms with Crippen LogP contribution in [0, 0.1) is 12.7 Å². The average Bonchev–Trinajstić information content (AvgIpc) is 3.59. The molecule has 0 aliphatic carbocycles. The minimum Gasteiger partial charge on any atom is -0.394 e. The maximum Gasteiger partial charge on any atom is 0.256 e. The van der Waals surface area contributed by atoms with E-state index in [1.54, 1.807) is 43.0 Å². The minimum atomic E-state index is -0.753. The number of aliphatic hydroxyl groups is 1. The number of aromatic nitrogens is 3. The van der Waals surface area contributed by atoms with Crippen molar-refractivity contribution in [3.8, 4) is 10.4 Å². The molecule has 0 bridgehead atoms. The van der Waals surface area contributed by atoms with Crippen molar-refractivity contribution in [2.75, 3.05) is 11.9 Å². The molecule has 3 aromatic heterocycles. The van der Waals surface area contributed by atoms with Crippen molar-refractivity contribution in [2.24, 2.45) is 7.05 Å². The molecule has 2 amide bonds. The number of anilines is 2. The van der Waals surface area contributed by atoms with E-state index in [1.807, 2.05) is 31.2 Å². The molecule has 4 aromatic rings. The molecule has 5 rings (SSSR count). The Morgan fingerprint density at radius 1 is 1.24 bits per heavy atom. The topological polar surface area (TPSA) is 112 Å². The Morgan fingerprint density at radius 2 is 2.05 bits per heavy atom. The summed E-state index contributed by atoms with van der Waals surface area (Å²) in [5.41, 5.74) is 2.60. The average molecular weight is 535 g/mol. The highest BCUT2D eigenvalue weighted by Crippen LogP contribution is 2.39. The molecular formula is C27H27FN6O3S. The first-order valence-electron chi connectivity index (χ1n) is 12.1. The van der Waals surface area contributed by atoms with Crippen molar-refractivity contribution in [1.29, 1.82) is 0 Å². The number of carbonyl (C=O) groups is 2. The van der Waals surface area contributed by atoms with Gasteiger partial charge in [0.25, 0.3) is 5.91 Å². The lowest BCUT2D eigenvalue weighted by molar-refractivity contribution is -0.126. The van der Waals surface area contributed by atoms with Gasteiger partial charge in [0.05, 0.1) is 37.2 Å². The number of amides is 2. The number of aliphatic hydroxyl groups excluding tert-OH is 1. The Kier molecular flexibility index (Phi) is 6.96. The molecule has 0 saturated carbocycles. The largest absolute Gasteiger partial charge is 0.394 e. The van der Waals surface area contributed by atoms with E-state index < -0.39 is 17.9 Å². The zero-order chi connectivity index (χ0) is 27.0. The van der Waals surface area contributed by atoms with Crippen LogP contribution in [0.5, 0.6) is 0 Å². The Balaban J connectivity index is 1.30. The normalized spacial score (nSPS) is 14.3. The molecule has 0 fully saturated rings. The highest BCUT2D eigenvalue weighted by atomic mass is 32.1. The van der Waals surface area contributed by atoms with Gasteiger partial charge in [-0.2, -0.15) is 5.10 Å². The predicted octanol–water partition coefficient (Wildman–Crippen LogP) is 3.93. The third-order valence-electron chi connectivity index (χ3n) is 6.60. The van der Waals surface area contributed by atoms with Crippen molar-refractivity contribution in [1.82, 2.24) is 25.0 Å². The van der Waals surface area contributed by atoms with Gasteiger partial charge in [-0.15, -0.1) is 11.3 Å². The number of thiophene rings is 1. The number of carbonyl (C=O) groups excluding carboxylic acids is 2. The van der Waals surface area contributed by atoms with Crippen LogP contribution in [0.1, 0.15) is 39.3 Å². The number of hydrogen-bond donors (Lipinski definition) is 3. The van der Waals surface area contributed by atoms with Gasteiger partial charge in [-0.05, 0) is 31.5 Å². The molecule has 196 valence electrons. The molecule has 2 atom stereocenters. The maximum atomic E-state index is 14.7. The van der Waals surface area contributed by atoms with E-state index in [4.69, 9.17) is 0 Å². The molecule has 3 N–H and O–H groups in total. The fourth-order valence-corrected chi connectivity index (χ4v) is 5.60. The molecular weight excluding hydrogens is 507 g/mol. The van der Waals surface area contributed by atoms with E-state index >= 15 is 0 Å². The van der Waals surface area contributed by atoms with Crippen molar-refractivity contribution in [3.63, 3.8) is 0 Å². The van der Waals surface area contributed by atoms with Crippen LogP contribution in [0.3, 0.4) is 0 Å².